The summed E-state index contributed by atoms with van der Waals surface area (Å²) in [5.41, 5.74) is 1.27. The Morgan fingerprint density at radius 3 is 2.62 bits per heavy atom. The lowest BCUT2D eigenvalue weighted by Crippen LogP contribution is -2.18. The van der Waals surface area contributed by atoms with Crippen LogP contribution in [0.25, 0.3) is 10.8 Å². The van der Waals surface area contributed by atoms with Crippen molar-refractivity contribution in [1.82, 2.24) is 20.1 Å². The second-order valence-corrected chi connectivity index (χ2v) is 5.08. The summed E-state index contributed by atoms with van der Waals surface area (Å²) < 4.78 is 5.44. The maximum atomic E-state index is 5.44. The Kier molecular flexibility index (Phi) is 3.83. The van der Waals surface area contributed by atoms with Crippen molar-refractivity contribution in [1.29, 1.82) is 0 Å². The van der Waals surface area contributed by atoms with Crippen LogP contribution in [0, 0.1) is 0 Å². The van der Waals surface area contributed by atoms with Gasteiger partial charge in [-0.15, -0.1) is 0 Å². The molecular formula is C16H18N4O. The number of H-pyrrole nitrogens is 1. The van der Waals surface area contributed by atoms with Gasteiger partial charge in [0.25, 0.3) is 0 Å². The van der Waals surface area contributed by atoms with Crippen LogP contribution >= 0.6 is 0 Å². The van der Waals surface area contributed by atoms with Crippen LogP contribution in [0.4, 0.5) is 0 Å². The molecule has 5 heteroatoms. The Morgan fingerprint density at radius 2 is 1.90 bits per heavy atom. The van der Waals surface area contributed by atoms with Crippen molar-refractivity contribution in [2.75, 3.05) is 14.2 Å². The Hall–Kier alpha value is -2.40. The lowest BCUT2D eigenvalue weighted by atomic mass is 10.0. The third-order valence-electron chi connectivity index (χ3n) is 3.52. The molecule has 1 heterocycles. The fourth-order valence-corrected chi connectivity index (χ4v) is 2.56. The van der Waals surface area contributed by atoms with Gasteiger partial charge in [0.2, 0.25) is 0 Å². The second-order valence-electron chi connectivity index (χ2n) is 5.08. The number of aromatic nitrogens is 3. The molecule has 0 aliphatic heterocycles. The summed E-state index contributed by atoms with van der Waals surface area (Å²) in [6.45, 7) is 1.57. The molecule has 2 aromatic carbocycles. The first kappa shape index (κ1) is 13.6. The Bertz CT molecular complexity index is 724. The maximum absolute atomic E-state index is 5.44. The first-order valence-corrected chi connectivity index (χ1v) is 6.85. The highest BCUT2D eigenvalue weighted by Crippen LogP contribution is 2.28. The van der Waals surface area contributed by atoms with Crippen LogP contribution in [-0.2, 0) is 13.1 Å². The van der Waals surface area contributed by atoms with Crippen molar-refractivity contribution < 1.29 is 4.74 Å². The highest BCUT2D eigenvalue weighted by molar-refractivity contribution is 5.91. The van der Waals surface area contributed by atoms with Gasteiger partial charge in [0, 0.05) is 11.9 Å². The van der Waals surface area contributed by atoms with Crippen LogP contribution in [0.2, 0.25) is 0 Å². The molecule has 3 aromatic rings. The zero-order chi connectivity index (χ0) is 14.7. The number of fused-ring (bicyclic) bond motifs is 1. The topological polar surface area (TPSA) is 54.0 Å². The fourth-order valence-electron chi connectivity index (χ4n) is 2.56. The van der Waals surface area contributed by atoms with Crippen LogP contribution in [0.3, 0.4) is 0 Å². The molecule has 0 atom stereocenters. The van der Waals surface area contributed by atoms with Crippen molar-refractivity contribution in [3.63, 3.8) is 0 Å². The highest BCUT2D eigenvalue weighted by atomic mass is 16.5. The van der Waals surface area contributed by atoms with E-state index < -0.39 is 0 Å². The van der Waals surface area contributed by atoms with Crippen LogP contribution in [0.1, 0.15) is 11.4 Å². The van der Waals surface area contributed by atoms with E-state index in [1.807, 2.05) is 12.1 Å². The molecule has 0 unspecified atom stereocenters. The van der Waals surface area contributed by atoms with Gasteiger partial charge in [-0.1, -0.05) is 30.3 Å². The molecule has 108 valence electrons. The van der Waals surface area contributed by atoms with Crippen LogP contribution in [-0.4, -0.2) is 34.2 Å². The normalized spacial score (nSPS) is 11.2. The van der Waals surface area contributed by atoms with Gasteiger partial charge in [-0.3, -0.25) is 10.00 Å². The predicted octanol–water partition coefficient (Wildman–Crippen LogP) is 2.60. The molecular weight excluding hydrogens is 264 g/mol. The number of nitrogens with one attached hydrogen (secondary N) is 1. The van der Waals surface area contributed by atoms with E-state index in [0.29, 0.717) is 0 Å². The molecule has 0 spiro atoms. The monoisotopic (exact) mass is 282 g/mol. The Morgan fingerprint density at radius 1 is 1.10 bits per heavy atom. The van der Waals surface area contributed by atoms with Gasteiger partial charge in [-0.25, -0.2) is 4.98 Å². The summed E-state index contributed by atoms with van der Waals surface area (Å²) in [5.74, 6) is 1.78. The van der Waals surface area contributed by atoms with Gasteiger partial charge in [-0.05, 0) is 24.1 Å². The lowest BCUT2D eigenvalue weighted by molar-refractivity contribution is 0.312. The van der Waals surface area contributed by atoms with E-state index in [2.05, 4.69) is 51.4 Å². The molecule has 0 radical (unpaired) electrons. The van der Waals surface area contributed by atoms with Gasteiger partial charge < -0.3 is 4.74 Å². The summed E-state index contributed by atoms with van der Waals surface area (Å²) in [6.07, 6.45) is 1.53. The number of rotatable bonds is 5. The van der Waals surface area contributed by atoms with Gasteiger partial charge in [0.15, 0.2) is 0 Å². The number of benzene rings is 2. The number of methoxy groups -OCH3 is 1. The summed E-state index contributed by atoms with van der Waals surface area (Å²) in [5, 5.41) is 9.13. The first-order valence-electron chi connectivity index (χ1n) is 6.85. The number of aromatic amines is 1. The minimum Gasteiger partial charge on any atom is -0.496 e. The Labute approximate surface area is 123 Å². The number of hydrogen-bond acceptors (Lipinski definition) is 4. The largest absolute Gasteiger partial charge is 0.496 e. The average molecular weight is 282 g/mol. The summed E-state index contributed by atoms with van der Waals surface area (Å²) in [6, 6.07) is 12.5. The third-order valence-corrected chi connectivity index (χ3v) is 3.52. The van der Waals surface area contributed by atoms with Crippen molar-refractivity contribution in [3.05, 3.63) is 54.1 Å². The number of nitrogens with zero attached hydrogens (tertiary/aromatic N) is 3. The molecule has 1 aromatic heterocycles. The van der Waals surface area contributed by atoms with E-state index in [0.717, 1.165) is 30.0 Å². The van der Waals surface area contributed by atoms with E-state index >= 15 is 0 Å². The van der Waals surface area contributed by atoms with Gasteiger partial charge in [0.1, 0.15) is 17.9 Å². The van der Waals surface area contributed by atoms with E-state index in [4.69, 9.17) is 4.74 Å². The first-order chi connectivity index (χ1) is 10.3. The molecule has 0 fully saturated rings. The van der Waals surface area contributed by atoms with E-state index in [1.54, 1.807) is 7.11 Å². The van der Waals surface area contributed by atoms with Crippen LogP contribution < -0.4 is 4.74 Å². The maximum Gasteiger partial charge on any atom is 0.138 e. The quantitative estimate of drug-likeness (QED) is 0.781. The fraction of sp³-hybridized carbons (Fsp3) is 0.250. The van der Waals surface area contributed by atoms with Crippen molar-refractivity contribution in [2.24, 2.45) is 0 Å². The summed E-state index contributed by atoms with van der Waals surface area (Å²) in [7, 11) is 3.78. The summed E-state index contributed by atoms with van der Waals surface area (Å²) in [4.78, 5) is 6.36. The van der Waals surface area contributed by atoms with Crippen LogP contribution in [0.15, 0.2) is 42.7 Å². The molecule has 0 aliphatic rings. The van der Waals surface area contributed by atoms with E-state index in [1.165, 1.54) is 17.3 Å². The minimum atomic E-state index is 0.736. The minimum absolute atomic E-state index is 0.736. The van der Waals surface area contributed by atoms with Crippen molar-refractivity contribution in [3.8, 4) is 5.75 Å². The molecule has 0 saturated heterocycles. The average Bonchev–Trinajstić information content (AvgIpc) is 3.00. The smallest absolute Gasteiger partial charge is 0.138 e. The van der Waals surface area contributed by atoms with Gasteiger partial charge >= 0.3 is 0 Å². The summed E-state index contributed by atoms with van der Waals surface area (Å²) >= 11 is 0. The number of ether oxygens (including phenoxy) is 1. The van der Waals surface area contributed by atoms with Crippen molar-refractivity contribution >= 4 is 10.8 Å². The molecule has 0 saturated carbocycles. The standard InChI is InChI=1S/C16H18N4O/c1-20(10-16-17-11-18-19-16)9-12-7-8-15(21-2)14-6-4-3-5-13(12)14/h3-8,11H,9-10H2,1-2H3,(H,17,18,19). The van der Waals surface area contributed by atoms with Gasteiger partial charge in [0.05, 0.1) is 13.7 Å². The second kappa shape index (κ2) is 5.93. The Balaban J connectivity index is 1.87. The zero-order valence-corrected chi connectivity index (χ0v) is 12.2. The predicted molar refractivity (Wildman–Crippen MR) is 82.1 cm³/mol. The van der Waals surface area contributed by atoms with E-state index in [9.17, 15) is 0 Å². The van der Waals surface area contributed by atoms with Gasteiger partial charge in [-0.2, -0.15) is 5.10 Å². The molecule has 0 bridgehead atoms. The van der Waals surface area contributed by atoms with Crippen molar-refractivity contribution in [2.45, 2.75) is 13.1 Å². The highest BCUT2D eigenvalue weighted by Gasteiger charge is 2.09. The molecule has 1 N–H and O–H groups in total. The zero-order valence-electron chi connectivity index (χ0n) is 12.2. The molecule has 21 heavy (non-hydrogen) atoms. The number of hydrogen-bond donors (Lipinski definition) is 1. The molecule has 0 amide bonds. The lowest BCUT2D eigenvalue weighted by Gasteiger charge is -2.17. The van der Waals surface area contributed by atoms with E-state index in [-0.39, 0.29) is 0 Å². The molecule has 3 rings (SSSR count). The molecule has 5 nitrogen and oxygen atoms in total. The third kappa shape index (κ3) is 2.87. The van der Waals surface area contributed by atoms with Crippen LogP contribution in [0.5, 0.6) is 5.75 Å². The molecule has 0 aliphatic carbocycles. The SMILES string of the molecule is COc1ccc(CN(C)Cc2ncn[nH]2)c2ccccc12.